The molecule has 0 atom stereocenters. The van der Waals surface area contributed by atoms with Crippen LogP contribution in [-0.2, 0) is 22.1 Å². The summed E-state index contributed by atoms with van der Waals surface area (Å²) in [6.07, 6.45) is 1.53. The Bertz CT molecular complexity index is 460. The highest BCUT2D eigenvalue weighted by Crippen LogP contribution is 2.19. The van der Waals surface area contributed by atoms with Crippen LogP contribution in [-0.4, -0.2) is 24.0 Å². The van der Waals surface area contributed by atoms with E-state index >= 15 is 0 Å². The standard InChI is InChI=1S/C10H16N2O2S/c1-8(2)10-6-9-4-3-5-15(13,14)7-12(9)11-10/h6,8H,3-5,7H2,1-2H3. The lowest BCUT2D eigenvalue weighted by Gasteiger charge is -2.02. The topological polar surface area (TPSA) is 52.0 Å². The molecule has 0 saturated heterocycles. The van der Waals surface area contributed by atoms with Crippen molar-refractivity contribution in [2.24, 2.45) is 0 Å². The molecule has 0 N–H and O–H groups in total. The zero-order valence-corrected chi connectivity index (χ0v) is 9.92. The van der Waals surface area contributed by atoms with E-state index < -0.39 is 9.84 Å². The molecule has 0 radical (unpaired) electrons. The molecule has 0 amide bonds. The Labute approximate surface area is 90.2 Å². The van der Waals surface area contributed by atoms with Gasteiger partial charge in [0.2, 0.25) is 0 Å². The first-order valence-electron chi connectivity index (χ1n) is 5.25. The van der Waals surface area contributed by atoms with Crippen LogP contribution < -0.4 is 0 Å². The van der Waals surface area contributed by atoms with Gasteiger partial charge in [-0.15, -0.1) is 0 Å². The van der Waals surface area contributed by atoms with Crippen molar-refractivity contribution in [3.05, 3.63) is 17.5 Å². The van der Waals surface area contributed by atoms with Crippen molar-refractivity contribution < 1.29 is 8.42 Å². The number of aryl methyl sites for hydroxylation is 1. The number of hydrogen-bond acceptors (Lipinski definition) is 3. The van der Waals surface area contributed by atoms with Crippen molar-refractivity contribution in [2.75, 3.05) is 5.75 Å². The maximum absolute atomic E-state index is 11.6. The summed E-state index contributed by atoms with van der Waals surface area (Å²) in [6.45, 7) is 4.13. The van der Waals surface area contributed by atoms with Crippen LogP contribution in [0.5, 0.6) is 0 Å². The smallest absolute Gasteiger partial charge is 0.170 e. The molecule has 0 spiro atoms. The van der Waals surface area contributed by atoms with Crippen LogP contribution in [0.3, 0.4) is 0 Å². The molecule has 1 aromatic heterocycles. The van der Waals surface area contributed by atoms with Crippen LogP contribution in [0.2, 0.25) is 0 Å². The highest BCUT2D eigenvalue weighted by molar-refractivity contribution is 7.90. The van der Waals surface area contributed by atoms with E-state index in [2.05, 4.69) is 18.9 Å². The normalized spacial score (nSPS) is 19.9. The molecule has 0 fully saturated rings. The molecule has 1 aliphatic rings. The number of sulfone groups is 1. The fourth-order valence-electron chi connectivity index (χ4n) is 1.80. The molecule has 0 unspecified atom stereocenters. The molecule has 2 rings (SSSR count). The average Bonchev–Trinajstić information content (AvgIpc) is 2.42. The Kier molecular flexibility index (Phi) is 2.58. The van der Waals surface area contributed by atoms with Gasteiger partial charge in [0.1, 0.15) is 5.88 Å². The van der Waals surface area contributed by atoms with Gasteiger partial charge < -0.3 is 0 Å². The van der Waals surface area contributed by atoms with Gasteiger partial charge >= 0.3 is 0 Å². The lowest BCUT2D eigenvalue weighted by Crippen LogP contribution is -2.13. The minimum Gasteiger partial charge on any atom is -0.254 e. The largest absolute Gasteiger partial charge is 0.254 e. The third-order valence-electron chi connectivity index (χ3n) is 2.68. The zero-order valence-electron chi connectivity index (χ0n) is 9.10. The third kappa shape index (κ3) is 2.22. The first-order chi connectivity index (χ1) is 6.98. The van der Waals surface area contributed by atoms with Crippen LogP contribution >= 0.6 is 0 Å². The van der Waals surface area contributed by atoms with Crippen molar-refractivity contribution in [1.29, 1.82) is 0 Å². The monoisotopic (exact) mass is 228 g/mol. The highest BCUT2D eigenvalue weighted by atomic mass is 32.2. The molecule has 0 aliphatic carbocycles. The van der Waals surface area contributed by atoms with Gasteiger partial charge in [-0.25, -0.2) is 8.42 Å². The van der Waals surface area contributed by atoms with Gasteiger partial charge in [0, 0.05) is 5.69 Å². The van der Waals surface area contributed by atoms with Crippen molar-refractivity contribution in [3.63, 3.8) is 0 Å². The molecule has 0 aromatic carbocycles. The number of fused-ring (bicyclic) bond motifs is 1. The first kappa shape index (κ1) is 10.7. The van der Waals surface area contributed by atoms with E-state index in [9.17, 15) is 8.42 Å². The van der Waals surface area contributed by atoms with E-state index in [0.29, 0.717) is 12.3 Å². The molecule has 0 saturated carbocycles. The Morgan fingerprint density at radius 2 is 2.20 bits per heavy atom. The van der Waals surface area contributed by atoms with Crippen LogP contribution in [0.15, 0.2) is 6.07 Å². The average molecular weight is 228 g/mol. The van der Waals surface area contributed by atoms with E-state index in [4.69, 9.17) is 0 Å². The summed E-state index contributed by atoms with van der Waals surface area (Å²) in [5, 5.41) is 4.34. The molecule has 2 heterocycles. The summed E-state index contributed by atoms with van der Waals surface area (Å²) in [6, 6.07) is 2.03. The van der Waals surface area contributed by atoms with Gasteiger partial charge in [0.05, 0.1) is 11.4 Å². The second-order valence-electron chi connectivity index (χ2n) is 4.40. The SMILES string of the molecule is CC(C)c1cc2n(n1)CS(=O)(=O)CCC2. The minimum atomic E-state index is -2.94. The van der Waals surface area contributed by atoms with Gasteiger partial charge in [-0.05, 0) is 24.8 Å². The van der Waals surface area contributed by atoms with E-state index in [1.54, 1.807) is 4.68 Å². The molecule has 15 heavy (non-hydrogen) atoms. The van der Waals surface area contributed by atoms with Gasteiger partial charge in [-0.1, -0.05) is 13.8 Å². The molecule has 1 aromatic rings. The summed E-state index contributed by atoms with van der Waals surface area (Å²) < 4.78 is 24.8. The Balaban J connectivity index is 2.39. The van der Waals surface area contributed by atoms with Crippen LogP contribution in [0.4, 0.5) is 0 Å². The van der Waals surface area contributed by atoms with Crippen molar-refractivity contribution >= 4 is 9.84 Å². The molecular formula is C10H16N2O2S. The second-order valence-corrected chi connectivity index (χ2v) is 6.55. The van der Waals surface area contributed by atoms with Gasteiger partial charge in [0.15, 0.2) is 9.84 Å². The molecule has 5 heteroatoms. The van der Waals surface area contributed by atoms with Crippen molar-refractivity contribution in [1.82, 2.24) is 9.78 Å². The molecule has 4 nitrogen and oxygen atoms in total. The van der Waals surface area contributed by atoms with Crippen LogP contribution in [0.25, 0.3) is 0 Å². The predicted molar refractivity (Wildman–Crippen MR) is 58.4 cm³/mol. The Morgan fingerprint density at radius 3 is 2.87 bits per heavy atom. The Hall–Kier alpha value is -0.840. The second kappa shape index (κ2) is 3.63. The van der Waals surface area contributed by atoms with Crippen molar-refractivity contribution in [2.45, 2.75) is 38.5 Å². The molecular weight excluding hydrogens is 212 g/mol. The lowest BCUT2D eigenvalue weighted by molar-refractivity contribution is 0.574. The first-order valence-corrected chi connectivity index (χ1v) is 7.07. The van der Waals surface area contributed by atoms with E-state index in [1.807, 2.05) is 6.07 Å². The quantitative estimate of drug-likeness (QED) is 0.728. The zero-order chi connectivity index (χ0) is 11.1. The number of hydrogen-bond donors (Lipinski definition) is 0. The minimum absolute atomic E-state index is 0.0506. The number of aromatic nitrogens is 2. The van der Waals surface area contributed by atoms with E-state index in [-0.39, 0.29) is 11.6 Å². The summed E-state index contributed by atoms with van der Waals surface area (Å²) in [5.41, 5.74) is 2.04. The van der Waals surface area contributed by atoms with E-state index in [0.717, 1.165) is 17.8 Å². The predicted octanol–water partition coefficient (Wildman–Crippen LogP) is 1.33. The fourth-order valence-corrected chi connectivity index (χ4v) is 3.11. The van der Waals surface area contributed by atoms with Gasteiger partial charge in [-0.3, -0.25) is 4.68 Å². The van der Waals surface area contributed by atoms with Gasteiger partial charge in [0.25, 0.3) is 0 Å². The highest BCUT2D eigenvalue weighted by Gasteiger charge is 2.20. The summed E-state index contributed by atoms with van der Waals surface area (Å²) in [4.78, 5) is 0. The summed E-state index contributed by atoms with van der Waals surface area (Å²) in [7, 11) is -2.94. The number of rotatable bonds is 1. The third-order valence-corrected chi connectivity index (χ3v) is 4.23. The molecule has 1 aliphatic heterocycles. The maximum Gasteiger partial charge on any atom is 0.170 e. The molecule has 0 bridgehead atoms. The number of nitrogens with zero attached hydrogens (tertiary/aromatic N) is 2. The summed E-state index contributed by atoms with van der Waals surface area (Å²) in [5.74, 6) is 0.690. The molecule has 84 valence electrons. The van der Waals surface area contributed by atoms with Crippen molar-refractivity contribution in [3.8, 4) is 0 Å². The lowest BCUT2D eigenvalue weighted by atomic mass is 10.1. The van der Waals surface area contributed by atoms with Crippen LogP contribution in [0, 0.1) is 0 Å². The summed E-state index contributed by atoms with van der Waals surface area (Å²) >= 11 is 0. The fraction of sp³-hybridized carbons (Fsp3) is 0.700. The maximum atomic E-state index is 11.6. The van der Waals surface area contributed by atoms with Gasteiger partial charge in [-0.2, -0.15) is 5.10 Å². The van der Waals surface area contributed by atoms with Crippen LogP contribution in [0.1, 0.15) is 37.6 Å². The Morgan fingerprint density at radius 1 is 1.47 bits per heavy atom. The van der Waals surface area contributed by atoms with E-state index in [1.165, 1.54) is 0 Å².